The average molecular weight is 223 g/mol. The molecule has 1 aromatic carbocycles. The zero-order valence-corrected chi connectivity index (χ0v) is 9.71. The maximum atomic E-state index is 13.1. The SMILES string of the molecule is CC1[CH]C(c2cc(F)cc(F)c2)CC(C)C1. The van der Waals surface area contributed by atoms with E-state index in [0.717, 1.165) is 18.1 Å². The van der Waals surface area contributed by atoms with Gasteiger partial charge in [0.2, 0.25) is 0 Å². The van der Waals surface area contributed by atoms with Crippen molar-refractivity contribution in [3.8, 4) is 0 Å². The van der Waals surface area contributed by atoms with Crippen molar-refractivity contribution in [1.82, 2.24) is 0 Å². The zero-order chi connectivity index (χ0) is 11.7. The van der Waals surface area contributed by atoms with Gasteiger partial charge in [-0.1, -0.05) is 13.8 Å². The molecule has 1 fully saturated rings. The molecular weight excluding hydrogens is 206 g/mol. The Balaban J connectivity index is 2.22. The zero-order valence-electron chi connectivity index (χ0n) is 9.71. The van der Waals surface area contributed by atoms with Gasteiger partial charge < -0.3 is 0 Å². The van der Waals surface area contributed by atoms with Gasteiger partial charge in [0.05, 0.1) is 0 Å². The third-order valence-corrected chi connectivity index (χ3v) is 3.30. The van der Waals surface area contributed by atoms with Crippen LogP contribution in [-0.4, -0.2) is 0 Å². The molecule has 2 heteroatoms. The van der Waals surface area contributed by atoms with E-state index >= 15 is 0 Å². The molecule has 0 spiro atoms. The summed E-state index contributed by atoms with van der Waals surface area (Å²) in [6.07, 6.45) is 4.38. The summed E-state index contributed by atoms with van der Waals surface area (Å²) in [6, 6.07) is 3.84. The summed E-state index contributed by atoms with van der Waals surface area (Å²) in [5.74, 6) is 0.393. The number of rotatable bonds is 1. The van der Waals surface area contributed by atoms with Gasteiger partial charge in [-0.3, -0.25) is 0 Å². The minimum absolute atomic E-state index is 0.198. The van der Waals surface area contributed by atoms with E-state index in [4.69, 9.17) is 0 Å². The molecule has 0 heterocycles. The van der Waals surface area contributed by atoms with Crippen LogP contribution in [0.4, 0.5) is 8.78 Å². The van der Waals surface area contributed by atoms with Crippen LogP contribution in [0.1, 0.15) is 38.2 Å². The highest BCUT2D eigenvalue weighted by molar-refractivity contribution is 5.25. The number of halogens is 2. The second kappa shape index (κ2) is 4.52. The van der Waals surface area contributed by atoms with Crippen LogP contribution >= 0.6 is 0 Å². The van der Waals surface area contributed by atoms with Gasteiger partial charge in [0, 0.05) is 6.07 Å². The highest BCUT2D eigenvalue weighted by Crippen LogP contribution is 2.38. The Bertz CT molecular complexity index is 343. The minimum Gasteiger partial charge on any atom is -0.207 e. The van der Waals surface area contributed by atoms with Gasteiger partial charge in [0.1, 0.15) is 11.6 Å². The van der Waals surface area contributed by atoms with E-state index in [-0.39, 0.29) is 5.92 Å². The summed E-state index contributed by atoms with van der Waals surface area (Å²) in [4.78, 5) is 0. The molecule has 87 valence electrons. The maximum absolute atomic E-state index is 13.1. The summed E-state index contributed by atoms with van der Waals surface area (Å²) >= 11 is 0. The van der Waals surface area contributed by atoms with E-state index in [1.807, 2.05) is 0 Å². The smallest absolute Gasteiger partial charge is 0.126 e. The average Bonchev–Trinajstić information content (AvgIpc) is 2.14. The molecule has 2 rings (SSSR count). The van der Waals surface area contributed by atoms with Crippen LogP contribution in [0.3, 0.4) is 0 Å². The van der Waals surface area contributed by atoms with Crippen LogP contribution < -0.4 is 0 Å². The van der Waals surface area contributed by atoms with Crippen molar-refractivity contribution < 1.29 is 8.78 Å². The Labute approximate surface area is 95.7 Å². The fraction of sp³-hybridized carbons (Fsp3) is 0.500. The summed E-state index contributed by atoms with van der Waals surface area (Å²) < 4.78 is 26.2. The molecule has 3 atom stereocenters. The van der Waals surface area contributed by atoms with Crippen molar-refractivity contribution in [2.24, 2.45) is 11.8 Å². The van der Waals surface area contributed by atoms with E-state index < -0.39 is 11.6 Å². The quantitative estimate of drug-likeness (QED) is 0.665. The number of benzene rings is 1. The Kier molecular flexibility index (Phi) is 3.27. The highest BCUT2D eigenvalue weighted by Gasteiger charge is 2.25. The molecule has 16 heavy (non-hydrogen) atoms. The predicted molar refractivity (Wildman–Crippen MR) is 61.0 cm³/mol. The first-order chi connectivity index (χ1) is 7.54. The molecule has 0 saturated heterocycles. The topological polar surface area (TPSA) is 0 Å². The molecule has 1 radical (unpaired) electrons. The summed E-state index contributed by atoms with van der Waals surface area (Å²) in [5.41, 5.74) is 0.774. The summed E-state index contributed by atoms with van der Waals surface area (Å²) in [6.45, 7) is 4.37. The lowest BCUT2D eigenvalue weighted by Crippen LogP contribution is -2.19. The first-order valence-electron chi connectivity index (χ1n) is 5.85. The van der Waals surface area contributed by atoms with Crippen LogP contribution in [0.2, 0.25) is 0 Å². The van der Waals surface area contributed by atoms with Gasteiger partial charge in [0.15, 0.2) is 0 Å². The normalized spacial score (nSPS) is 30.4. The lowest BCUT2D eigenvalue weighted by molar-refractivity contribution is 0.335. The standard InChI is InChI=1S/C14H17F2/c1-9-3-10(2)5-11(4-9)12-6-13(15)8-14(16)7-12/h4,6-11H,3,5H2,1-2H3. The Hall–Kier alpha value is -0.920. The fourth-order valence-electron chi connectivity index (χ4n) is 2.75. The summed E-state index contributed by atoms with van der Waals surface area (Å²) in [7, 11) is 0. The van der Waals surface area contributed by atoms with Crippen molar-refractivity contribution in [2.75, 3.05) is 0 Å². The van der Waals surface area contributed by atoms with Gasteiger partial charge in [-0.05, 0) is 54.7 Å². The van der Waals surface area contributed by atoms with Crippen molar-refractivity contribution in [3.05, 3.63) is 41.8 Å². The largest absolute Gasteiger partial charge is 0.207 e. The van der Waals surface area contributed by atoms with E-state index in [0.29, 0.717) is 11.8 Å². The minimum atomic E-state index is -0.478. The van der Waals surface area contributed by atoms with Crippen LogP contribution in [-0.2, 0) is 0 Å². The Morgan fingerprint density at radius 1 is 1.00 bits per heavy atom. The van der Waals surface area contributed by atoms with Gasteiger partial charge in [0.25, 0.3) is 0 Å². The van der Waals surface area contributed by atoms with Crippen molar-refractivity contribution in [3.63, 3.8) is 0 Å². The molecular formula is C14H17F2. The van der Waals surface area contributed by atoms with E-state index in [1.54, 1.807) is 0 Å². The first-order valence-corrected chi connectivity index (χ1v) is 5.85. The fourth-order valence-corrected chi connectivity index (χ4v) is 2.75. The molecule has 1 aliphatic rings. The molecule has 0 amide bonds. The van der Waals surface area contributed by atoms with Gasteiger partial charge in [-0.25, -0.2) is 8.78 Å². The number of hydrogen-bond acceptors (Lipinski definition) is 0. The van der Waals surface area contributed by atoms with E-state index in [9.17, 15) is 8.78 Å². The first kappa shape index (κ1) is 11.6. The lowest BCUT2D eigenvalue weighted by Gasteiger charge is -2.31. The van der Waals surface area contributed by atoms with Gasteiger partial charge >= 0.3 is 0 Å². The van der Waals surface area contributed by atoms with Gasteiger partial charge in [-0.2, -0.15) is 0 Å². The third kappa shape index (κ3) is 2.60. The summed E-state index contributed by atoms with van der Waals surface area (Å²) in [5, 5.41) is 0. The maximum Gasteiger partial charge on any atom is 0.126 e. The Morgan fingerprint density at radius 2 is 1.62 bits per heavy atom. The lowest BCUT2D eigenvalue weighted by atomic mass is 9.74. The second-order valence-electron chi connectivity index (χ2n) is 5.06. The molecule has 0 nitrogen and oxygen atoms in total. The van der Waals surface area contributed by atoms with Crippen molar-refractivity contribution >= 4 is 0 Å². The Morgan fingerprint density at radius 3 is 2.19 bits per heavy atom. The molecule has 0 aliphatic heterocycles. The van der Waals surface area contributed by atoms with Gasteiger partial charge in [-0.15, -0.1) is 0 Å². The van der Waals surface area contributed by atoms with Crippen molar-refractivity contribution in [2.45, 2.75) is 32.6 Å². The molecule has 0 aromatic heterocycles. The van der Waals surface area contributed by atoms with Crippen LogP contribution in [0.15, 0.2) is 18.2 Å². The highest BCUT2D eigenvalue weighted by atomic mass is 19.1. The van der Waals surface area contributed by atoms with Crippen LogP contribution in [0, 0.1) is 29.9 Å². The predicted octanol–water partition coefficient (Wildman–Crippen LogP) is 4.32. The molecule has 0 bridgehead atoms. The van der Waals surface area contributed by atoms with E-state index in [2.05, 4.69) is 20.3 Å². The van der Waals surface area contributed by atoms with Crippen LogP contribution in [0.25, 0.3) is 0 Å². The molecule has 1 aromatic rings. The monoisotopic (exact) mass is 223 g/mol. The molecule has 1 aliphatic carbocycles. The molecule has 3 unspecified atom stereocenters. The van der Waals surface area contributed by atoms with Crippen LogP contribution in [0.5, 0.6) is 0 Å². The third-order valence-electron chi connectivity index (χ3n) is 3.30. The van der Waals surface area contributed by atoms with E-state index in [1.165, 1.54) is 18.6 Å². The second-order valence-corrected chi connectivity index (χ2v) is 5.06. The van der Waals surface area contributed by atoms with Crippen molar-refractivity contribution in [1.29, 1.82) is 0 Å². The number of hydrogen-bond donors (Lipinski definition) is 0. The molecule has 1 saturated carbocycles. The molecule has 0 N–H and O–H groups in total.